The zero-order valence-electron chi connectivity index (χ0n) is 11.8. The summed E-state index contributed by atoms with van der Waals surface area (Å²) in [5.74, 6) is 0. The SMILES string of the molecule is O=C(O)N1[C@@H]2COC[C@H]1C[C@@H](Nc1ccccc1[N+](=O)[O-])C2. The minimum Gasteiger partial charge on any atom is -0.465 e. The van der Waals surface area contributed by atoms with Crippen molar-refractivity contribution in [2.45, 2.75) is 31.0 Å². The molecule has 3 rings (SSSR count). The molecule has 0 saturated carbocycles. The lowest BCUT2D eigenvalue weighted by atomic mass is 9.90. The van der Waals surface area contributed by atoms with Gasteiger partial charge in [0.15, 0.2) is 0 Å². The van der Waals surface area contributed by atoms with E-state index < -0.39 is 11.0 Å². The number of nitro groups is 1. The fourth-order valence-electron chi connectivity index (χ4n) is 3.32. The second-order valence-corrected chi connectivity index (χ2v) is 5.62. The highest BCUT2D eigenvalue weighted by atomic mass is 16.6. The average molecular weight is 307 g/mol. The van der Waals surface area contributed by atoms with Gasteiger partial charge in [-0.25, -0.2) is 4.79 Å². The van der Waals surface area contributed by atoms with Gasteiger partial charge < -0.3 is 15.2 Å². The zero-order chi connectivity index (χ0) is 15.7. The Hall–Kier alpha value is -2.35. The van der Waals surface area contributed by atoms with Crippen LogP contribution in [-0.4, -0.2) is 52.4 Å². The Balaban J connectivity index is 1.76. The number of morpholine rings is 1. The molecule has 3 atom stereocenters. The highest BCUT2D eigenvalue weighted by molar-refractivity contribution is 5.67. The van der Waals surface area contributed by atoms with Gasteiger partial charge in [-0.2, -0.15) is 0 Å². The number of nitrogens with one attached hydrogen (secondary N) is 1. The van der Waals surface area contributed by atoms with Gasteiger partial charge >= 0.3 is 6.09 Å². The van der Waals surface area contributed by atoms with Crippen LogP contribution in [0.5, 0.6) is 0 Å². The van der Waals surface area contributed by atoms with Crippen molar-refractivity contribution in [2.75, 3.05) is 18.5 Å². The Labute approximate surface area is 126 Å². The van der Waals surface area contributed by atoms with E-state index in [1.165, 1.54) is 11.0 Å². The summed E-state index contributed by atoms with van der Waals surface area (Å²) in [6.07, 6.45) is 0.228. The molecule has 2 saturated heterocycles. The number of carboxylic acid groups (broad SMARTS) is 1. The summed E-state index contributed by atoms with van der Waals surface area (Å²) in [6.45, 7) is 0.746. The van der Waals surface area contributed by atoms with Crippen molar-refractivity contribution in [1.29, 1.82) is 0 Å². The van der Waals surface area contributed by atoms with E-state index in [0.717, 1.165) is 0 Å². The normalized spacial score (nSPS) is 27.3. The highest BCUT2D eigenvalue weighted by Gasteiger charge is 2.42. The molecule has 1 aromatic rings. The van der Waals surface area contributed by atoms with Crippen molar-refractivity contribution < 1.29 is 19.6 Å². The number of amides is 1. The van der Waals surface area contributed by atoms with Gasteiger partial charge in [0, 0.05) is 12.1 Å². The summed E-state index contributed by atoms with van der Waals surface area (Å²) in [5, 5.41) is 23.6. The van der Waals surface area contributed by atoms with Crippen molar-refractivity contribution in [2.24, 2.45) is 0 Å². The standard InChI is InChI=1S/C14H17N3O5/c18-14(19)16-10-5-9(6-11(16)8-22-7-10)15-12-3-1-2-4-13(12)17(20)21/h1-4,9-11,15H,5-8H2,(H,18,19)/t9-,10-,11+. The molecule has 2 N–H and O–H groups in total. The number of fused-ring (bicyclic) bond motifs is 2. The first-order valence-corrected chi connectivity index (χ1v) is 7.15. The topological polar surface area (TPSA) is 105 Å². The molecule has 1 amide bonds. The maximum absolute atomic E-state index is 11.3. The van der Waals surface area contributed by atoms with Crippen molar-refractivity contribution in [3.8, 4) is 0 Å². The summed E-state index contributed by atoms with van der Waals surface area (Å²) >= 11 is 0. The van der Waals surface area contributed by atoms with Crippen LogP contribution in [-0.2, 0) is 4.74 Å². The smallest absolute Gasteiger partial charge is 0.407 e. The van der Waals surface area contributed by atoms with Gasteiger partial charge in [0.05, 0.1) is 30.2 Å². The van der Waals surface area contributed by atoms with Gasteiger partial charge in [0.25, 0.3) is 5.69 Å². The zero-order valence-corrected chi connectivity index (χ0v) is 11.8. The summed E-state index contributed by atoms with van der Waals surface area (Å²) in [7, 11) is 0. The molecular weight excluding hydrogens is 290 g/mol. The maximum Gasteiger partial charge on any atom is 0.407 e. The lowest BCUT2D eigenvalue weighted by molar-refractivity contribution is -0.384. The summed E-state index contributed by atoms with van der Waals surface area (Å²) in [4.78, 5) is 23.4. The number of nitro benzene ring substituents is 1. The lowest BCUT2D eigenvalue weighted by Gasteiger charge is -2.47. The number of hydrogen-bond acceptors (Lipinski definition) is 5. The van der Waals surface area contributed by atoms with Crippen molar-refractivity contribution in [3.63, 3.8) is 0 Å². The van der Waals surface area contributed by atoms with Crippen molar-refractivity contribution in [3.05, 3.63) is 34.4 Å². The second-order valence-electron chi connectivity index (χ2n) is 5.62. The summed E-state index contributed by atoms with van der Waals surface area (Å²) in [6, 6.07) is 6.09. The number of hydrogen-bond donors (Lipinski definition) is 2. The Morgan fingerprint density at radius 3 is 2.55 bits per heavy atom. The first-order valence-electron chi connectivity index (χ1n) is 7.15. The minimum absolute atomic E-state index is 0.00407. The Kier molecular flexibility index (Phi) is 3.84. The molecular formula is C14H17N3O5. The number of rotatable bonds is 3. The molecule has 2 bridgehead atoms. The van der Waals surface area contributed by atoms with Crippen molar-refractivity contribution >= 4 is 17.5 Å². The van der Waals surface area contributed by atoms with E-state index in [2.05, 4.69) is 5.32 Å². The van der Waals surface area contributed by atoms with Crippen LogP contribution in [0.15, 0.2) is 24.3 Å². The van der Waals surface area contributed by atoms with Gasteiger partial charge in [0.1, 0.15) is 5.69 Å². The van der Waals surface area contributed by atoms with Gasteiger partial charge in [-0.1, -0.05) is 12.1 Å². The number of anilines is 1. The third kappa shape index (κ3) is 2.69. The first kappa shape index (κ1) is 14.6. The predicted molar refractivity (Wildman–Crippen MR) is 78.0 cm³/mol. The van der Waals surface area contributed by atoms with E-state index in [-0.39, 0.29) is 23.8 Å². The Morgan fingerprint density at radius 2 is 1.95 bits per heavy atom. The third-order valence-electron chi connectivity index (χ3n) is 4.20. The van der Waals surface area contributed by atoms with Crippen LogP contribution in [0.3, 0.4) is 0 Å². The predicted octanol–water partition coefficient (Wildman–Crippen LogP) is 1.92. The number of carbonyl (C=O) groups is 1. The van der Waals surface area contributed by atoms with E-state index in [9.17, 15) is 20.0 Å². The molecule has 0 radical (unpaired) electrons. The fraction of sp³-hybridized carbons (Fsp3) is 0.500. The molecule has 0 spiro atoms. The quantitative estimate of drug-likeness (QED) is 0.653. The second kappa shape index (κ2) is 5.80. The molecule has 0 unspecified atom stereocenters. The van der Waals surface area contributed by atoms with Gasteiger partial charge in [-0.05, 0) is 18.9 Å². The van der Waals surface area contributed by atoms with Crippen LogP contribution in [0.25, 0.3) is 0 Å². The van der Waals surface area contributed by atoms with Gasteiger partial charge in [-0.15, -0.1) is 0 Å². The van der Waals surface area contributed by atoms with E-state index in [0.29, 0.717) is 31.7 Å². The van der Waals surface area contributed by atoms with Crippen molar-refractivity contribution in [1.82, 2.24) is 4.90 Å². The minimum atomic E-state index is -0.928. The van der Waals surface area contributed by atoms with Crippen LogP contribution in [0, 0.1) is 10.1 Å². The highest BCUT2D eigenvalue weighted by Crippen LogP contribution is 2.32. The van der Waals surface area contributed by atoms with E-state index in [1.54, 1.807) is 18.2 Å². The molecule has 2 aliphatic rings. The molecule has 0 aromatic heterocycles. The van der Waals surface area contributed by atoms with Crippen LogP contribution in [0.2, 0.25) is 0 Å². The number of benzene rings is 1. The summed E-state index contributed by atoms with van der Waals surface area (Å²) in [5.41, 5.74) is 0.504. The van der Waals surface area contributed by atoms with E-state index in [4.69, 9.17) is 4.74 Å². The molecule has 0 aliphatic carbocycles. The molecule has 1 aromatic carbocycles. The van der Waals surface area contributed by atoms with Crippen LogP contribution in [0.1, 0.15) is 12.8 Å². The molecule has 2 aliphatic heterocycles. The number of para-hydroxylation sites is 2. The number of nitrogens with zero attached hydrogens (tertiary/aromatic N) is 2. The fourth-order valence-corrected chi connectivity index (χ4v) is 3.32. The molecule has 118 valence electrons. The van der Waals surface area contributed by atoms with E-state index >= 15 is 0 Å². The van der Waals surface area contributed by atoms with Crippen LogP contribution in [0.4, 0.5) is 16.2 Å². The number of piperidine rings is 1. The Morgan fingerprint density at radius 1 is 1.32 bits per heavy atom. The molecule has 22 heavy (non-hydrogen) atoms. The molecule has 2 fully saturated rings. The van der Waals surface area contributed by atoms with Gasteiger partial charge in [-0.3, -0.25) is 15.0 Å². The van der Waals surface area contributed by atoms with E-state index in [1.807, 2.05) is 0 Å². The number of ether oxygens (including phenoxy) is 1. The largest absolute Gasteiger partial charge is 0.465 e. The maximum atomic E-state index is 11.3. The molecule has 8 heteroatoms. The monoisotopic (exact) mass is 307 g/mol. The lowest BCUT2D eigenvalue weighted by Crippen LogP contribution is -2.60. The third-order valence-corrected chi connectivity index (χ3v) is 4.20. The first-order chi connectivity index (χ1) is 10.6. The molecule has 8 nitrogen and oxygen atoms in total. The Bertz CT molecular complexity index is 580. The van der Waals surface area contributed by atoms with Crippen LogP contribution >= 0.6 is 0 Å². The van der Waals surface area contributed by atoms with Gasteiger partial charge in [0.2, 0.25) is 0 Å². The average Bonchev–Trinajstić information content (AvgIpc) is 2.46. The summed E-state index contributed by atoms with van der Waals surface area (Å²) < 4.78 is 5.44. The molecule has 2 heterocycles. The van der Waals surface area contributed by atoms with Crippen LogP contribution < -0.4 is 5.32 Å².